The number of anilines is 1. The second kappa shape index (κ2) is 8.94. The molecule has 0 saturated carbocycles. The molecule has 124 valence electrons. The van der Waals surface area contributed by atoms with Gasteiger partial charge in [-0.15, -0.1) is 0 Å². The average molecular weight is 304 g/mol. The fraction of sp³-hybridized carbons (Fsp3) is 0.632. The van der Waals surface area contributed by atoms with Crippen molar-refractivity contribution in [1.82, 2.24) is 5.32 Å². The zero-order chi connectivity index (χ0) is 16.7. The van der Waals surface area contributed by atoms with Gasteiger partial charge in [-0.25, -0.2) is 0 Å². The van der Waals surface area contributed by atoms with E-state index in [0.29, 0.717) is 24.2 Å². The van der Waals surface area contributed by atoms with Crippen molar-refractivity contribution in [3.8, 4) is 0 Å². The van der Waals surface area contributed by atoms with Crippen LogP contribution in [0.15, 0.2) is 18.2 Å². The molecule has 1 aromatic carbocycles. The maximum Gasteiger partial charge on any atom is 0.225 e. The average Bonchev–Trinajstić information content (AvgIpc) is 2.43. The molecule has 0 aliphatic rings. The molecule has 22 heavy (non-hydrogen) atoms. The van der Waals surface area contributed by atoms with Gasteiger partial charge in [0.15, 0.2) is 0 Å². The summed E-state index contributed by atoms with van der Waals surface area (Å²) in [4.78, 5) is 12.3. The lowest BCUT2D eigenvalue weighted by molar-refractivity contribution is -0.116. The van der Waals surface area contributed by atoms with Gasteiger partial charge in [0.25, 0.3) is 0 Å². The molecule has 1 aromatic rings. The standard InChI is InChI=1S/C19H32N2O/c1-13(2)12-20-11-10-18(22)21-19-16(14(3)4)8-7-9-17(19)15(5)6/h7-9,13-15,20H,10-12H2,1-6H3,(H,21,22). The van der Waals surface area contributed by atoms with Crippen molar-refractivity contribution >= 4 is 11.6 Å². The quantitative estimate of drug-likeness (QED) is 0.694. The largest absolute Gasteiger partial charge is 0.326 e. The van der Waals surface area contributed by atoms with Crippen LogP contribution in [-0.2, 0) is 4.79 Å². The molecule has 0 saturated heterocycles. The molecule has 0 atom stereocenters. The molecule has 1 amide bonds. The van der Waals surface area contributed by atoms with Crippen LogP contribution >= 0.6 is 0 Å². The number of carbonyl (C=O) groups excluding carboxylic acids is 1. The van der Waals surface area contributed by atoms with Gasteiger partial charge < -0.3 is 10.6 Å². The van der Waals surface area contributed by atoms with Crippen LogP contribution in [0.4, 0.5) is 5.69 Å². The molecular weight excluding hydrogens is 272 g/mol. The summed E-state index contributed by atoms with van der Waals surface area (Å²) in [5.74, 6) is 1.49. The van der Waals surface area contributed by atoms with Crippen LogP contribution in [0.1, 0.15) is 70.9 Å². The second-order valence-electron chi connectivity index (χ2n) is 7.02. The highest BCUT2D eigenvalue weighted by atomic mass is 16.1. The number of nitrogens with one attached hydrogen (secondary N) is 2. The lowest BCUT2D eigenvalue weighted by Crippen LogP contribution is -2.25. The van der Waals surface area contributed by atoms with Gasteiger partial charge in [-0.3, -0.25) is 4.79 Å². The van der Waals surface area contributed by atoms with E-state index in [-0.39, 0.29) is 5.91 Å². The molecule has 3 nitrogen and oxygen atoms in total. The second-order valence-corrected chi connectivity index (χ2v) is 7.02. The van der Waals surface area contributed by atoms with Crippen LogP contribution in [0.5, 0.6) is 0 Å². The van der Waals surface area contributed by atoms with Crippen LogP contribution in [0.2, 0.25) is 0 Å². The van der Waals surface area contributed by atoms with E-state index in [9.17, 15) is 4.79 Å². The van der Waals surface area contributed by atoms with E-state index >= 15 is 0 Å². The summed E-state index contributed by atoms with van der Waals surface area (Å²) in [6, 6.07) is 6.32. The molecule has 0 aliphatic carbocycles. The van der Waals surface area contributed by atoms with Gasteiger partial charge in [-0.05, 0) is 35.4 Å². The number of hydrogen-bond acceptors (Lipinski definition) is 2. The SMILES string of the molecule is CC(C)CNCCC(=O)Nc1c(C(C)C)cccc1C(C)C. The fourth-order valence-corrected chi connectivity index (χ4v) is 2.49. The minimum Gasteiger partial charge on any atom is -0.326 e. The van der Waals surface area contributed by atoms with Crippen LogP contribution in [0.3, 0.4) is 0 Å². The van der Waals surface area contributed by atoms with Gasteiger partial charge in [0.2, 0.25) is 5.91 Å². The molecule has 0 unspecified atom stereocenters. The summed E-state index contributed by atoms with van der Waals surface area (Å²) >= 11 is 0. The highest BCUT2D eigenvalue weighted by Gasteiger charge is 2.15. The van der Waals surface area contributed by atoms with Gasteiger partial charge in [0.05, 0.1) is 0 Å². The van der Waals surface area contributed by atoms with Crippen molar-refractivity contribution in [2.24, 2.45) is 5.92 Å². The minimum atomic E-state index is 0.0891. The van der Waals surface area contributed by atoms with Gasteiger partial charge in [-0.2, -0.15) is 0 Å². The number of amides is 1. The molecule has 0 heterocycles. The Balaban J connectivity index is 2.76. The van der Waals surface area contributed by atoms with E-state index in [4.69, 9.17) is 0 Å². The molecule has 0 bridgehead atoms. The number of hydrogen-bond donors (Lipinski definition) is 2. The van der Waals surface area contributed by atoms with Gasteiger partial charge >= 0.3 is 0 Å². The lowest BCUT2D eigenvalue weighted by Gasteiger charge is -2.20. The molecule has 0 radical (unpaired) electrons. The van der Waals surface area contributed by atoms with Gasteiger partial charge in [-0.1, -0.05) is 59.7 Å². The Bertz CT molecular complexity index is 452. The Labute approximate surface area is 135 Å². The minimum absolute atomic E-state index is 0.0891. The molecule has 2 N–H and O–H groups in total. The van der Waals surface area contributed by atoms with Crippen LogP contribution in [0, 0.1) is 5.92 Å². The fourth-order valence-electron chi connectivity index (χ4n) is 2.49. The van der Waals surface area contributed by atoms with Crippen LogP contribution in [0.25, 0.3) is 0 Å². The van der Waals surface area contributed by atoms with Gasteiger partial charge in [0.1, 0.15) is 0 Å². The summed E-state index contributed by atoms with van der Waals surface area (Å²) in [6.07, 6.45) is 0.511. The zero-order valence-electron chi connectivity index (χ0n) is 15.0. The number of para-hydroxylation sites is 1. The van der Waals surface area contributed by atoms with Crippen molar-refractivity contribution in [3.05, 3.63) is 29.3 Å². The molecule has 0 aromatic heterocycles. The topological polar surface area (TPSA) is 41.1 Å². The van der Waals surface area contributed by atoms with E-state index < -0.39 is 0 Å². The number of carbonyl (C=O) groups is 1. The maximum absolute atomic E-state index is 12.3. The van der Waals surface area contributed by atoms with Crippen molar-refractivity contribution in [1.29, 1.82) is 0 Å². The number of rotatable bonds is 8. The summed E-state index contributed by atoms with van der Waals surface area (Å²) in [6.45, 7) is 14.7. The van der Waals surface area contributed by atoms with E-state index in [1.807, 2.05) is 0 Å². The molecule has 0 spiro atoms. The Morgan fingerprint density at radius 3 is 2.00 bits per heavy atom. The summed E-state index contributed by atoms with van der Waals surface area (Å²) < 4.78 is 0. The van der Waals surface area contributed by atoms with E-state index in [1.165, 1.54) is 11.1 Å². The van der Waals surface area contributed by atoms with Crippen molar-refractivity contribution in [3.63, 3.8) is 0 Å². The first-order valence-electron chi connectivity index (χ1n) is 8.46. The first-order chi connectivity index (χ1) is 10.3. The predicted octanol–water partition coefficient (Wildman–Crippen LogP) is 4.51. The Kier molecular flexibility index (Phi) is 7.60. The van der Waals surface area contributed by atoms with Crippen molar-refractivity contribution in [2.45, 2.75) is 59.8 Å². The smallest absolute Gasteiger partial charge is 0.225 e. The third-order valence-corrected chi connectivity index (χ3v) is 3.72. The Morgan fingerprint density at radius 1 is 1.00 bits per heavy atom. The summed E-state index contributed by atoms with van der Waals surface area (Å²) in [5, 5.41) is 6.47. The monoisotopic (exact) mass is 304 g/mol. The normalized spacial score (nSPS) is 11.5. The van der Waals surface area contributed by atoms with Gasteiger partial charge in [0, 0.05) is 18.7 Å². The van der Waals surface area contributed by atoms with Crippen molar-refractivity contribution < 1.29 is 4.79 Å². The summed E-state index contributed by atoms with van der Waals surface area (Å²) in [5.41, 5.74) is 3.45. The van der Waals surface area contributed by atoms with E-state index in [2.05, 4.69) is 70.4 Å². The first kappa shape index (κ1) is 18.7. The Morgan fingerprint density at radius 2 is 1.55 bits per heavy atom. The molecule has 0 aliphatic heterocycles. The van der Waals surface area contributed by atoms with Crippen molar-refractivity contribution in [2.75, 3.05) is 18.4 Å². The van der Waals surface area contributed by atoms with Crippen LogP contribution in [-0.4, -0.2) is 19.0 Å². The predicted molar refractivity (Wildman–Crippen MR) is 95.6 cm³/mol. The molecule has 0 fully saturated rings. The molecule has 1 rings (SSSR count). The zero-order valence-corrected chi connectivity index (χ0v) is 15.0. The molecular formula is C19H32N2O. The third-order valence-electron chi connectivity index (χ3n) is 3.72. The third kappa shape index (κ3) is 5.80. The lowest BCUT2D eigenvalue weighted by atomic mass is 9.92. The highest BCUT2D eigenvalue weighted by molar-refractivity contribution is 5.92. The first-order valence-corrected chi connectivity index (χ1v) is 8.46. The molecule has 3 heteroatoms. The van der Waals surface area contributed by atoms with E-state index in [0.717, 1.165) is 18.8 Å². The highest BCUT2D eigenvalue weighted by Crippen LogP contribution is 2.32. The summed E-state index contributed by atoms with van der Waals surface area (Å²) in [7, 11) is 0. The number of benzene rings is 1. The van der Waals surface area contributed by atoms with E-state index in [1.54, 1.807) is 0 Å². The Hall–Kier alpha value is -1.35. The van der Waals surface area contributed by atoms with Crippen LogP contribution < -0.4 is 10.6 Å². The maximum atomic E-state index is 12.3.